The van der Waals surface area contributed by atoms with Crippen LogP contribution in [0.15, 0.2) is 18.2 Å². The van der Waals surface area contributed by atoms with Crippen LogP contribution in [0.3, 0.4) is 0 Å². The Bertz CT molecular complexity index is 474. The van der Waals surface area contributed by atoms with Crippen LogP contribution in [0.1, 0.15) is 44.6 Å². The summed E-state index contributed by atoms with van der Waals surface area (Å²) < 4.78 is 32.5. The summed E-state index contributed by atoms with van der Waals surface area (Å²) in [5.41, 5.74) is -0.689. The molecule has 0 aliphatic heterocycles. The Morgan fingerprint density at radius 3 is 2.60 bits per heavy atom. The number of hydrogen-bond donors (Lipinski definition) is 0. The number of ether oxygens (including phenoxy) is 1. The molecule has 20 heavy (non-hydrogen) atoms. The summed E-state index contributed by atoms with van der Waals surface area (Å²) in [6.45, 7) is 2.31. The number of halogens is 2. The zero-order chi connectivity index (χ0) is 14.6. The van der Waals surface area contributed by atoms with E-state index in [-0.39, 0.29) is 17.8 Å². The molecule has 0 amide bonds. The fourth-order valence-electron chi connectivity index (χ4n) is 2.92. The van der Waals surface area contributed by atoms with Crippen LogP contribution in [0, 0.1) is 11.6 Å². The van der Waals surface area contributed by atoms with E-state index in [1.807, 2.05) is 6.92 Å². The molecule has 1 saturated carbocycles. The van der Waals surface area contributed by atoms with Crippen molar-refractivity contribution in [3.05, 3.63) is 35.4 Å². The van der Waals surface area contributed by atoms with Gasteiger partial charge in [-0.05, 0) is 43.5 Å². The zero-order valence-electron chi connectivity index (χ0n) is 11.8. The Morgan fingerprint density at radius 2 is 1.95 bits per heavy atom. The maximum Gasteiger partial charge on any atom is 0.169 e. The summed E-state index contributed by atoms with van der Waals surface area (Å²) in [7, 11) is 0. The monoisotopic (exact) mass is 282 g/mol. The van der Waals surface area contributed by atoms with Gasteiger partial charge in [0.05, 0.1) is 0 Å². The highest BCUT2D eigenvalue weighted by Crippen LogP contribution is 2.33. The fourth-order valence-corrected chi connectivity index (χ4v) is 2.92. The first-order chi connectivity index (χ1) is 9.57. The Morgan fingerprint density at radius 1 is 1.25 bits per heavy atom. The molecule has 0 aromatic heterocycles. The van der Waals surface area contributed by atoms with E-state index in [1.54, 1.807) is 0 Å². The van der Waals surface area contributed by atoms with E-state index in [0.29, 0.717) is 19.4 Å². The van der Waals surface area contributed by atoms with E-state index in [9.17, 15) is 13.6 Å². The molecule has 0 radical (unpaired) electrons. The van der Waals surface area contributed by atoms with E-state index in [0.717, 1.165) is 37.5 Å². The second-order valence-electron chi connectivity index (χ2n) is 5.32. The molecule has 4 heteroatoms. The van der Waals surface area contributed by atoms with Crippen molar-refractivity contribution in [3.8, 4) is 0 Å². The van der Waals surface area contributed by atoms with Gasteiger partial charge in [-0.1, -0.05) is 19.3 Å². The van der Waals surface area contributed by atoms with E-state index >= 15 is 0 Å². The summed E-state index contributed by atoms with van der Waals surface area (Å²) in [6.07, 6.45) is 4.22. The minimum absolute atomic E-state index is 0.108. The van der Waals surface area contributed by atoms with Crippen molar-refractivity contribution in [3.63, 3.8) is 0 Å². The van der Waals surface area contributed by atoms with E-state index in [1.165, 1.54) is 0 Å². The number of Topliss-reactive ketones (excluding diaryl/α,β-unsaturated/α-hetero) is 1. The second-order valence-corrected chi connectivity index (χ2v) is 5.32. The van der Waals surface area contributed by atoms with Gasteiger partial charge in [0, 0.05) is 13.0 Å². The number of carbonyl (C=O) groups is 1. The van der Waals surface area contributed by atoms with Crippen molar-refractivity contribution in [1.29, 1.82) is 0 Å². The van der Waals surface area contributed by atoms with Gasteiger partial charge in [-0.15, -0.1) is 0 Å². The quantitative estimate of drug-likeness (QED) is 0.820. The summed E-state index contributed by atoms with van der Waals surface area (Å²) >= 11 is 0. The molecule has 0 atom stereocenters. The lowest BCUT2D eigenvalue weighted by atomic mass is 9.79. The zero-order valence-corrected chi connectivity index (χ0v) is 11.8. The van der Waals surface area contributed by atoms with Crippen molar-refractivity contribution in [2.45, 2.75) is 51.0 Å². The maximum absolute atomic E-state index is 13.6. The van der Waals surface area contributed by atoms with Gasteiger partial charge >= 0.3 is 0 Å². The molecule has 1 aromatic carbocycles. The fraction of sp³-hybridized carbons (Fsp3) is 0.562. The van der Waals surface area contributed by atoms with Crippen LogP contribution < -0.4 is 0 Å². The van der Waals surface area contributed by atoms with E-state index < -0.39 is 17.2 Å². The SMILES string of the molecule is CCOC1(C(=O)Cc2cc(F)ccc2F)CCCCC1. The molecule has 1 aliphatic rings. The summed E-state index contributed by atoms with van der Waals surface area (Å²) in [6, 6.07) is 3.21. The predicted molar refractivity (Wildman–Crippen MR) is 72.5 cm³/mol. The van der Waals surface area contributed by atoms with Crippen LogP contribution in [-0.4, -0.2) is 18.0 Å². The highest BCUT2D eigenvalue weighted by molar-refractivity contribution is 5.89. The number of hydrogen-bond acceptors (Lipinski definition) is 2. The molecule has 0 heterocycles. The topological polar surface area (TPSA) is 26.3 Å². The highest BCUT2D eigenvalue weighted by atomic mass is 19.1. The first kappa shape index (κ1) is 15.1. The third kappa shape index (κ3) is 3.23. The number of benzene rings is 1. The van der Waals surface area contributed by atoms with Gasteiger partial charge in [0.25, 0.3) is 0 Å². The van der Waals surface area contributed by atoms with Crippen molar-refractivity contribution in [2.75, 3.05) is 6.61 Å². The standard InChI is InChI=1S/C16H20F2O2/c1-2-20-16(8-4-3-5-9-16)15(19)11-12-10-13(17)6-7-14(12)18/h6-7,10H,2-5,8-9,11H2,1H3. The van der Waals surface area contributed by atoms with Gasteiger partial charge in [-0.2, -0.15) is 0 Å². The molecular formula is C16H20F2O2. The highest BCUT2D eigenvalue weighted by Gasteiger charge is 2.39. The molecule has 0 bridgehead atoms. The summed E-state index contributed by atoms with van der Waals surface area (Å²) in [5.74, 6) is -1.20. The molecule has 0 N–H and O–H groups in total. The lowest BCUT2D eigenvalue weighted by Gasteiger charge is -2.35. The molecule has 2 rings (SSSR count). The number of rotatable bonds is 5. The van der Waals surface area contributed by atoms with Gasteiger partial charge in [0.15, 0.2) is 5.78 Å². The third-order valence-corrected chi connectivity index (χ3v) is 3.95. The van der Waals surface area contributed by atoms with E-state index in [4.69, 9.17) is 4.74 Å². The first-order valence-corrected chi connectivity index (χ1v) is 7.18. The van der Waals surface area contributed by atoms with Crippen molar-refractivity contribution in [2.24, 2.45) is 0 Å². The van der Waals surface area contributed by atoms with Crippen molar-refractivity contribution < 1.29 is 18.3 Å². The van der Waals surface area contributed by atoms with Crippen molar-refractivity contribution >= 4 is 5.78 Å². The molecule has 1 aromatic rings. The van der Waals surface area contributed by atoms with Crippen LogP contribution >= 0.6 is 0 Å². The smallest absolute Gasteiger partial charge is 0.169 e. The van der Waals surface area contributed by atoms with Gasteiger partial charge in [0.2, 0.25) is 0 Å². The van der Waals surface area contributed by atoms with Crippen molar-refractivity contribution in [1.82, 2.24) is 0 Å². The lowest BCUT2D eigenvalue weighted by Crippen LogP contribution is -2.44. The lowest BCUT2D eigenvalue weighted by molar-refractivity contribution is -0.148. The third-order valence-electron chi connectivity index (χ3n) is 3.95. The first-order valence-electron chi connectivity index (χ1n) is 7.18. The molecule has 0 spiro atoms. The molecule has 0 unspecified atom stereocenters. The normalized spacial score (nSPS) is 17.9. The number of carbonyl (C=O) groups excluding carboxylic acids is 1. The Balaban J connectivity index is 2.18. The Hall–Kier alpha value is -1.29. The van der Waals surface area contributed by atoms with Crippen LogP contribution in [0.4, 0.5) is 8.78 Å². The van der Waals surface area contributed by atoms with Crippen LogP contribution in [0.2, 0.25) is 0 Å². The van der Waals surface area contributed by atoms with Crippen LogP contribution in [0.5, 0.6) is 0 Å². The minimum Gasteiger partial charge on any atom is -0.367 e. The van der Waals surface area contributed by atoms with Gasteiger partial charge in [-0.25, -0.2) is 8.78 Å². The predicted octanol–water partition coefficient (Wildman–Crippen LogP) is 3.82. The molecule has 1 aliphatic carbocycles. The molecular weight excluding hydrogens is 262 g/mol. The molecule has 0 saturated heterocycles. The van der Waals surface area contributed by atoms with Gasteiger partial charge in [-0.3, -0.25) is 4.79 Å². The molecule has 110 valence electrons. The van der Waals surface area contributed by atoms with Crippen LogP contribution in [-0.2, 0) is 16.0 Å². The average Bonchev–Trinajstić information content (AvgIpc) is 2.44. The summed E-state index contributed by atoms with van der Waals surface area (Å²) in [4.78, 5) is 12.5. The molecule has 1 fully saturated rings. The van der Waals surface area contributed by atoms with Crippen LogP contribution in [0.25, 0.3) is 0 Å². The minimum atomic E-state index is -0.800. The Labute approximate surface area is 118 Å². The van der Waals surface area contributed by atoms with Gasteiger partial charge < -0.3 is 4.74 Å². The number of ketones is 1. The largest absolute Gasteiger partial charge is 0.367 e. The average molecular weight is 282 g/mol. The van der Waals surface area contributed by atoms with E-state index in [2.05, 4.69) is 0 Å². The molecule has 2 nitrogen and oxygen atoms in total. The Kier molecular flexibility index (Phi) is 4.86. The maximum atomic E-state index is 13.6. The van der Waals surface area contributed by atoms with Gasteiger partial charge in [0.1, 0.15) is 17.2 Å². The summed E-state index contributed by atoms with van der Waals surface area (Å²) in [5, 5.41) is 0. The second kappa shape index (κ2) is 6.44.